The third-order valence-corrected chi connectivity index (χ3v) is 3.39. The molecule has 1 unspecified atom stereocenters. The van der Waals surface area contributed by atoms with Gasteiger partial charge in [0.05, 0.1) is 0 Å². The summed E-state index contributed by atoms with van der Waals surface area (Å²) in [6, 6.07) is 0. The Kier molecular flexibility index (Phi) is 6.96. The molecule has 0 spiro atoms. The van der Waals surface area contributed by atoms with Crippen LogP contribution in [0.1, 0.15) is 26.7 Å². The van der Waals surface area contributed by atoms with Gasteiger partial charge in [-0.15, -0.1) is 0 Å². The van der Waals surface area contributed by atoms with E-state index in [9.17, 15) is 4.79 Å². The molecule has 1 atom stereocenters. The van der Waals surface area contributed by atoms with E-state index in [-0.39, 0.29) is 11.7 Å². The SMILES string of the molecule is CCC(C)(C(=O)NCCCSC)C(N)=NO. The van der Waals surface area contributed by atoms with Crippen molar-refractivity contribution in [2.45, 2.75) is 26.7 Å². The van der Waals surface area contributed by atoms with Gasteiger partial charge in [0.25, 0.3) is 0 Å². The maximum Gasteiger partial charge on any atom is 0.233 e. The molecule has 0 radical (unpaired) electrons. The molecule has 0 bridgehead atoms. The van der Waals surface area contributed by atoms with Crippen LogP contribution >= 0.6 is 11.8 Å². The van der Waals surface area contributed by atoms with Gasteiger partial charge in [0.2, 0.25) is 5.91 Å². The average Bonchev–Trinajstić information content (AvgIpc) is 2.32. The highest BCUT2D eigenvalue weighted by Gasteiger charge is 2.35. The third-order valence-electron chi connectivity index (χ3n) is 2.69. The van der Waals surface area contributed by atoms with Gasteiger partial charge in [-0.1, -0.05) is 12.1 Å². The fourth-order valence-electron chi connectivity index (χ4n) is 1.18. The number of carbonyl (C=O) groups excluding carboxylic acids is 1. The van der Waals surface area contributed by atoms with Gasteiger partial charge in [0.1, 0.15) is 5.41 Å². The minimum absolute atomic E-state index is 0.0441. The number of hydrogen-bond donors (Lipinski definition) is 3. The van der Waals surface area contributed by atoms with Crippen molar-refractivity contribution in [3.63, 3.8) is 0 Å². The first kappa shape index (κ1) is 15.1. The molecule has 0 rings (SSSR count). The van der Waals surface area contributed by atoms with Crippen LogP contribution < -0.4 is 11.1 Å². The van der Waals surface area contributed by atoms with Crippen LogP contribution in [0, 0.1) is 5.41 Å². The van der Waals surface area contributed by atoms with Gasteiger partial charge in [0, 0.05) is 6.54 Å². The van der Waals surface area contributed by atoms with Crippen LogP contribution in [-0.4, -0.2) is 35.5 Å². The molecule has 0 aliphatic heterocycles. The maximum absolute atomic E-state index is 11.9. The molecule has 94 valence electrons. The lowest BCUT2D eigenvalue weighted by atomic mass is 9.85. The Bertz CT molecular complexity index is 258. The summed E-state index contributed by atoms with van der Waals surface area (Å²) >= 11 is 1.74. The summed E-state index contributed by atoms with van der Waals surface area (Å²) < 4.78 is 0. The van der Waals surface area contributed by atoms with Gasteiger partial charge in [-0.3, -0.25) is 4.79 Å². The highest BCUT2D eigenvalue weighted by molar-refractivity contribution is 7.98. The maximum atomic E-state index is 11.9. The lowest BCUT2D eigenvalue weighted by molar-refractivity contribution is -0.127. The third kappa shape index (κ3) is 3.92. The minimum atomic E-state index is -0.923. The fourth-order valence-corrected chi connectivity index (χ4v) is 1.61. The smallest absolute Gasteiger partial charge is 0.233 e. The zero-order valence-corrected chi connectivity index (χ0v) is 10.9. The Morgan fingerprint density at radius 1 is 1.62 bits per heavy atom. The van der Waals surface area contributed by atoms with Crippen LogP contribution in [0.5, 0.6) is 0 Å². The largest absolute Gasteiger partial charge is 0.409 e. The number of rotatable bonds is 7. The standard InChI is InChI=1S/C10H21N3O2S/c1-4-10(2,8(11)13-15)9(14)12-6-5-7-16-3/h15H,4-7H2,1-3H3,(H2,11,13)(H,12,14). The lowest BCUT2D eigenvalue weighted by Gasteiger charge is -2.25. The topological polar surface area (TPSA) is 87.7 Å². The quantitative estimate of drug-likeness (QED) is 0.206. The molecule has 0 aromatic heterocycles. The van der Waals surface area contributed by atoms with Gasteiger partial charge in [0.15, 0.2) is 5.84 Å². The zero-order chi connectivity index (χ0) is 12.6. The van der Waals surface area contributed by atoms with Crippen molar-refractivity contribution in [1.29, 1.82) is 0 Å². The van der Waals surface area contributed by atoms with Gasteiger partial charge in [-0.25, -0.2) is 0 Å². The first-order valence-corrected chi connectivity index (χ1v) is 6.67. The summed E-state index contributed by atoms with van der Waals surface area (Å²) in [7, 11) is 0. The van der Waals surface area contributed by atoms with Crippen LogP contribution in [0.4, 0.5) is 0 Å². The number of nitrogens with two attached hydrogens (primary N) is 1. The number of amidine groups is 1. The van der Waals surface area contributed by atoms with E-state index in [2.05, 4.69) is 10.5 Å². The summed E-state index contributed by atoms with van der Waals surface area (Å²) in [6.45, 7) is 4.12. The lowest BCUT2D eigenvalue weighted by Crippen LogP contribution is -2.47. The van der Waals surface area contributed by atoms with E-state index >= 15 is 0 Å². The van der Waals surface area contributed by atoms with Crippen molar-refractivity contribution in [1.82, 2.24) is 5.32 Å². The highest BCUT2D eigenvalue weighted by atomic mass is 32.2. The summed E-state index contributed by atoms with van der Waals surface area (Å²) in [5, 5.41) is 14.4. The Hall–Kier alpha value is -0.910. The predicted molar refractivity (Wildman–Crippen MR) is 67.8 cm³/mol. The number of hydrogen-bond acceptors (Lipinski definition) is 4. The molecule has 0 aromatic rings. The molecule has 4 N–H and O–H groups in total. The van der Waals surface area contributed by atoms with Crippen LogP contribution in [0.3, 0.4) is 0 Å². The van der Waals surface area contributed by atoms with E-state index in [1.165, 1.54) is 0 Å². The van der Waals surface area contributed by atoms with E-state index < -0.39 is 5.41 Å². The van der Waals surface area contributed by atoms with Crippen molar-refractivity contribution in [2.24, 2.45) is 16.3 Å². The van der Waals surface area contributed by atoms with E-state index in [4.69, 9.17) is 10.9 Å². The summed E-state index contributed by atoms with van der Waals surface area (Å²) in [5.41, 5.74) is 4.61. The average molecular weight is 247 g/mol. The van der Waals surface area contributed by atoms with Crippen molar-refractivity contribution in [3.05, 3.63) is 0 Å². The summed E-state index contributed by atoms with van der Waals surface area (Å²) in [6.07, 6.45) is 3.44. The number of thioether (sulfide) groups is 1. The number of nitrogens with one attached hydrogen (secondary N) is 1. The monoisotopic (exact) mass is 247 g/mol. The van der Waals surface area contributed by atoms with Gasteiger partial charge >= 0.3 is 0 Å². The molecule has 1 amide bonds. The first-order valence-electron chi connectivity index (χ1n) is 5.28. The number of nitrogens with zero attached hydrogens (tertiary/aromatic N) is 1. The predicted octanol–water partition coefficient (Wildman–Crippen LogP) is 1.02. The summed E-state index contributed by atoms with van der Waals surface area (Å²) in [4.78, 5) is 11.9. The Labute approximate surface area is 101 Å². The number of carbonyl (C=O) groups is 1. The summed E-state index contributed by atoms with van der Waals surface area (Å²) in [5.74, 6) is 0.774. The molecule has 0 aromatic carbocycles. The molecule has 5 nitrogen and oxygen atoms in total. The van der Waals surface area contributed by atoms with Crippen molar-refractivity contribution < 1.29 is 10.0 Å². The van der Waals surface area contributed by atoms with Crippen LogP contribution in [-0.2, 0) is 4.79 Å². The van der Waals surface area contributed by atoms with E-state index in [1.54, 1.807) is 18.7 Å². The molecule has 0 aliphatic carbocycles. The molecular formula is C10H21N3O2S. The van der Waals surface area contributed by atoms with Crippen LogP contribution in [0.25, 0.3) is 0 Å². The number of oxime groups is 1. The second-order valence-corrected chi connectivity index (χ2v) is 4.76. The van der Waals surface area contributed by atoms with E-state index in [0.29, 0.717) is 13.0 Å². The first-order chi connectivity index (χ1) is 7.52. The molecular weight excluding hydrogens is 226 g/mol. The molecule has 0 saturated heterocycles. The number of amides is 1. The zero-order valence-electron chi connectivity index (χ0n) is 10.1. The van der Waals surface area contributed by atoms with Gasteiger partial charge in [-0.2, -0.15) is 11.8 Å². The molecule has 0 saturated carbocycles. The Morgan fingerprint density at radius 2 is 2.25 bits per heavy atom. The van der Waals surface area contributed by atoms with Crippen LogP contribution in [0.15, 0.2) is 5.16 Å². The van der Waals surface area contributed by atoms with Gasteiger partial charge in [-0.05, 0) is 31.8 Å². The molecule has 0 heterocycles. The normalized spacial score (nSPS) is 15.6. The second kappa shape index (κ2) is 7.38. The minimum Gasteiger partial charge on any atom is -0.409 e. The van der Waals surface area contributed by atoms with Crippen molar-refractivity contribution >= 4 is 23.5 Å². The molecule has 0 aliphatic rings. The highest BCUT2D eigenvalue weighted by Crippen LogP contribution is 2.21. The van der Waals surface area contributed by atoms with Crippen molar-refractivity contribution in [2.75, 3.05) is 18.6 Å². The molecule has 16 heavy (non-hydrogen) atoms. The van der Waals surface area contributed by atoms with E-state index in [1.807, 2.05) is 13.2 Å². The fraction of sp³-hybridized carbons (Fsp3) is 0.800. The second-order valence-electron chi connectivity index (χ2n) is 3.77. The van der Waals surface area contributed by atoms with E-state index in [0.717, 1.165) is 12.2 Å². The Balaban J connectivity index is 4.32. The molecule has 6 heteroatoms. The van der Waals surface area contributed by atoms with Crippen LogP contribution in [0.2, 0.25) is 0 Å². The van der Waals surface area contributed by atoms with Crippen molar-refractivity contribution in [3.8, 4) is 0 Å². The van der Waals surface area contributed by atoms with Gasteiger partial charge < -0.3 is 16.3 Å². The molecule has 0 fully saturated rings. The Morgan fingerprint density at radius 3 is 2.69 bits per heavy atom.